The molecular weight excluding hydrogens is 544 g/mol. The van der Waals surface area contributed by atoms with E-state index in [1.54, 1.807) is 18.2 Å². The maximum Gasteiger partial charge on any atom is 0.278 e. The summed E-state index contributed by atoms with van der Waals surface area (Å²) in [4.78, 5) is 43.7. The van der Waals surface area contributed by atoms with Gasteiger partial charge in [0.05, 0.1) is 38.7 Å². The van der Waals surface area contributed by atoms with Crippen molar-refractivity contribution < 1.29 is 23.5 Å². The van der Waals surface area contributed by atoms with Crippen molar-refractivity contribution in [3.8, 4) is 5.75 Å². The van der Waals surface area contributed by atoms with Gasteiger partial charge in [-0.1, -0.05) is 29.3 Å². The number of carbonyl (C=O) groups is 3. The van der Waals surface area contributed by atoms with Gasteiger partial charge in [-0.3, -0.25) is 14.4 Å². The Kier molecular flexibility index (Phi) is 6.61. The molecule has 3 amide bonds. The Balaban J connectivity index is 1.42. The SMILES string of the molecule is O=C(NC1CCC1)c1cc(NC(=O)c2cccc(OC3CC3)c2Cl)c2c(c1)C(=O)N=C2c1cc(F)ccc1Cl. The van der Waals surface area contributed by atoms with Gasteiger partial charge in [0.1, 0.15) is 11.6 Å². The van der Waals surface area contributed by atoms with Crippen LogP contribution in [0.2, 0.25) is 10.0 Å². The van der Waals surface area contributed by atoms with E-state index >= 15 is 0 Å². The van der Waals surface area contributed by atoms with E-state index in [2.05, 4.69) is 15.6 Å². The molecular formula is C29H22Cl2FN3O4. The van der Waals surface area contributed by atoms with Crippen LogP contribution in [0.1, 0.15) is 74.3 Å². The molecule has 7 nitrogen and oxygen atoms in total. The lowest BCUT2D eigenvalue weighted by Gasteiger charge is -2.26. The van der Waals surface area contributed by atoms with Crippen molar-refractivity contribution in [1.82, 2.24) is 5.32 Å². The van der Waals surface area contributed by atoms with Gasteiger partial charge < -0.3 is 15.4 Å². The van der Waals surface area contributed by atoms with Gasteiger partial charge in [-0.25, -0.2) is 9.38 Å². The van der Waals surface area contributed by atoms with Crippen molar-refractivity contribution in [3.63, 3.8) is 0 Å². The van der Waals surface area contributed by atoms with Gasteiger partial charge in [0.25, 0.3) is 17.7 Å². The lowest BCUT2D eigenvalue weighted by atomic mass is 9.92. The molecule has 3 aromatic rings. The molecule has 0 saturated heterocycles. The maximum absolute atomic E-state index is 14.2. The summed E-state index contributed by atoms with van der Waals surface area (Å²) in [7, 11) is 0. The summed E-state index contributed by atoms with van der Waals surface area (Å²) in [6, 6.07) is 11.6. The molecule has 1 aliphatic heterocycles. The molecule has 6 rings (SSSR count). The van der Waals surface area contributed by atoms with Crippen molar-refractivity contribution in [3.05, 3.63) is 92.2 Å². The molecule has 0 radical (unpaired) electrons. The van der Waals surface area contributed by atoms with Gasteiger partial charge in [-0.2, -0.15) is 0 Å². The summed E-state index contributed by atoms with van der Waals surface area (Å²) in [5.41, 5.74) is 1.09. The van der Waals surface area contributed by atoms with Crippen molar-refractivity contribution in [2.45, 2.75) is 44.2 Å². The third kappa shape index (κ3) is 5.02. The summed E-state index contributed by atoms with van der Waals surface area (Å²) in [6.45, 7) is 0. The molecule has 0 unspecified atom stereocenters. The molecule has 3 aliphatic rings. The predicted molar refractivity (Wildman–Crippen MR) is 146 cm³/mol. The summed E-state index contributed by atoms with van der Waals surface area (Å²) in [5.74, 6) is -1.76. The number of nitrogens with one attached hydrogen (secondary N) is 2. The number of fused-ring (bicyclic) bond motifs is 1. The van der Waals surface area contributed by atoms with E-state index in [0.717, 1.165) is 32.1 Å². The lowest BCUT2D eigenvalue weighted by Crippen LogP contribution is -2.39. The van der Waals surface area contributed by atoms with Crippen LogP contribution in [0.5, 0.6) is 5.75 Å². The van der Waals surface area contributed by atoms with Gasteiger partial charge in [-0.15, -0.1) is 0 Å². The molecule has 2 fully saturated rings. The first-order chi connectivity index (χ1) is 18.8. The van der Waals surface area contributed by atoms with Gasteiger partial charge in [0.15, 0.2) is 0 Å². The van der Waals surface area contributed by atoms with Crippen LogP contribution < -0.4 is 15.4 Å². The number of hydrogen-bond acceptors (Lipinski definition) is 4. The molecule has 1 heterocycles. The smallest absolute Gasteiger partial charge is 0.278 e. The minimum Gasteiger partial charge on any atom is -0.489 e. The molecule has 3 aromatic carbocycles. The number of carbonyl (C=O) groups excluding carboxylic acids is 3. The Hall–Kier alpha value is -3.75. The summed E-state index contributed by atoms with van der Waals surface area (Å²) < 4.78 is 20.0. The van der Waals surface area contributed by atoms with Gasteiger partial charge in [-0.05, 0) is 74.6 Å². The lowest BCUT2D eigenvalue weighted by molar-refractivity contribution is 0.0916. The molecule has 10 heteroatoms. The number of amides is 3. The van der Waals surface area contributed by atoms with Crippen molar-refractivity contribution in [2.24, 2.45) is 4.99 Å². The second kappa shape index (κ2) is 10.1. The van der Waals surface area contributed by atoms with E-state index < -0.39 is 17.6 Å². The molecule has 2 aliphatic carbocycles. The number of rotatable bonds is 7. The Bertz CT molecular complexity index is 1580. The van der Waals surface area contributed by atoms with Crippen LogP contribution in [-0.4, -0.2) is 35.6 Å². The normalized spacial score (nSPS) is 16.3. The molecule has 0 spiro atoms. The highest BCUT2D eigenvalue weighted by Gasteiger charge is 2.32. The fourth-order valence-corrected chi connectivity index (χ4v) is 5.00. The van der Waals surface area contributed by atoms with Gasteiger partial charge >= 0.3 is 0 Å². The van der Waals surface area contributed by atoms with Crippen LogP contribution in [0.15, 0.2) is 53.5 Å². The molecule has 0 aromatic heterocycles. The van der Waals surface area contributed by atoms with Crippen LogP contribution in [0.4, 0.5) is 10.1 Å². The van der Waals surface area contributed by atoms with Crippen LogP contribution in [0, 0.1) is 5.82 Å². The largest absolute Gasteiger partial charge is 0.489 e. The highest BCUT2D eigenvalue weighted by Crippen LogP contribution is 2.37. The minimum absolute atomic E-state index is 0.0606. The van der Waals surface area contributed by atoms with E-state index in [-0.39, 0.29) is 67.3 Å². The minimum atomic E-state index is -0.632. The topological polar surface area (TPSA) is 96.9 Å². The highest BCUT2D eigenvalue weighted by molar-refractivity contribution is 6.39. The Morgan fingerprint density at radius 2 is 1.77 bits per heavy atom. The van der Waals surface area contributed by atoms with Crippen LogP contribution >= 0.6 is 23.2 Å². The quantitative estimate of drug-likeness (QED) is 0.356. The van der Waals surface area contributed by atoms with E-state index in [0.29, 0.717) is 5.75 Å². The standard InChI is InChI=1S/C29H22Cl2FN3O4/c30-21-10-7-15(32)13-19(21)26-24-20(29(38)35-26)11-14(27(36)33-16-3-1-4-16)12-22(24)34-28(37)18-5-2-6-23(25(18)31)39-17-8-9-17/h2,5-7,10-13,16-17H,1,3-4,8-9H2,(H,33,36)(H,34,37). The number of aliphatic imine (C=N–C) groups is 1. The Morgan fingerprint density at radius 1 is 0.974 bits per heavy atom. The van der Waals surface area contributed by atoms with Crippen LogP contribution in [-0.2, 0) is 0 Å². The zero-order chi connectivity index (χ0) is 27.3. The van der Waals surface area contributed by atoms with Gasteiger partial charge in [0.2, 0.25) is 0 Å². The number of halogens is 3. The van der Waals surface area contributed by atoms with E-state index in [9.17, 15) is 18.8 Å². The first-order valence-corrected chi connectivity index (χ1v) is 13.4. The van der Waals surface area contributed by atoms with Crippen LogP contribution in [0.25, 0.3) is 0 Å². The predicted octanol–water partition coefficient (Wildman–Crippen LogP) is 6.20. The second-order valence-electron chi connectivity index (χ2n) is 9.83. The number of nitrogens with zero attached hydrogens (tertiary/aromatic N) is 1. The van der Waals surface area contributed by atoms with Gasteiger partial charge in [0, 0.05) is 22.7 Å². The van der Waals surface area contributed by atoms with Crippen molar-refractivity contribution >= 4 is 52.3 Å². The monoisotopic (exact) mass is 565 g/mol. The fraction of sp³-hybridized carbons (Fsp3) is 0.241. The molecule has 0 bridgehead atoms. The zero-order valence-electron chi connectivity index (χ0n) is 20.5. The molecule has 198 valence electrons. The average molecular weight is 566 g/mol. The van der Waals surface area contributed by atoms with Crippen molar-refractivity contribution in [1.29, 1.82) is 0 Å². The number of hydrogen-bond donors (Lipinski definition) is 2. The fourth-order valence-electron chi connectivity index (χ4n) is 4.54. The highest BCUT2D eigenvalue weighted by atomic mass is 35.5. The Labute approximate surface area is 233 Å². The molecule has 0 atom stereocenters. The number of benzene rings is 3. The summed E-state index contributed by atoms with van der Waals surface area (Å²) in [6.07, 6.45) is 4.71. The third-order valence-electron chi connectivity index (χ3n) is 6.98. The average Bonchev–Trinajstić information content (AvgIpc) is 3.65. The summed E-state index contributed by atoms with van der Waals surface area (Å²) in [5, 5.41) is 6.06. The molecule has 39 heavy (non-hydrogen) atoms. The Morgan fingerprint density at radius 3 is 2.49 bits per heavy atom. The first kappa shape index (κ1) is 25.5. The summed E-state index contributed by atoms with van der Waals surface area (Å²) >= 11 is 12.9. The zero-order valence-corrected chi connectivity index (χ0v) is 22.0. The number of anilines is 1. The molecule has 2 saturated carbocycles. The van der Waals surface area contributed by atoms with Crippen molar-refractivity contribution in [2.75, 3.05) is 5.32 Å². The van der Waals surface area contributed by atoms with E-state index in [1.165, 1.54) is 30.3 Å². The maximum atomic E-state index is 14.2. The molecule has 2 N–H and O–H groups in total. The van der Waals surface area contributed by atoms with Crippen LogP contribution in [0.3, 0.4) is 0 Å². The van der Waals surface area contributed by atoms with E-state index in [4.69, 9.17) is 27.9 Å². The second-order valence-corrected chi connectivity index (χ2v) is 10.6. The number of ether oxygens (including phenoxy) is 1. The first-order valence-electron chi connectivity index (χ1n) is 12.6. The van der Waals surface area contributed by atoms with E-state index in [1.807, 2.05) is 0 Å². The third-order valence-corrected chi connectivity index (χ3v) is 7.70.